The molecule has 0 aliphatic carbocycles. The van der Waals surface area contributed by atoms with Gasteiger partial charge in [0, 0.05) is 0 Å². The minimum Gasteiger partial charge on any atom is -0.444 e. The Morgan fingerprint density at radius 3 is 2.62 bits per heavy atom. The Hall–Kier alpha value is -2.37. The van der Waals surface area contributed by atoms with E-state index in [0.717, 1.165) is 11.3 Å². The predicted molar refractivity (Wildman–Crippen MR) is 77.1 cm³/mol. The first-order chi connectivity index (χ1) is 9.83. The number of rotatable bonds is 3. The number of alkyl carbamates (subject to hydrolysis) is 1. The lowest BCUT2D eigenvalue weighted by atomic mass is 10.2. The molecule has 1 aromatic heterocycles. The molecule has 2 N–H and O–H groups in total. The molecule has 1 amide bonds. The number of H-pyrrole nitrogens is 1. The van der Waals surface area contributed by atoms with Crippen molar-refractivity contribution < 1.29 is 13.9 Å². The number of ether oxygens (including phenoxy) is 1. The van der Waals surface area contributed by atoms with E-state index in [1.165, 1.54) is 12.1 Å². The van der Waals surface area contributed by atoms with Crippen molar-refractivity contribution in [2.45, 2.75) is 32.9 Å². The van der Waals surface area contributed by atoms with E-state index in [1.54, 1.807) is 39.1 Å². The van der Waals surface area contributed by atoms with Crippen LogP contribution in [0.3, 0.4) is 0 Å². The van der Waals surface area contributed by atoms with Gasteiger partial charge in [0.2, 0.25) is 0 Å². The topological polar surface area (TPSA) is 67.0 Å². The van der Waals surface area contributed by atoms with Crippen LogP contribution in [0.4, 0.5) is 9.18 Å². The van der Waals surface area contributed by atoms with Gasteiger partial charge in [-0.2, -0.15) is 0 Å². The van der Waals surface area contributed by atoms with Gasteiger partial charge in [-0.15, -0.1) is 0 Å². The highest BCUT2D eigenvalue weighted by Gasteiger charge is 2.16. The average Bonchev–Trinajstić information content (AvgIpc) is 2.84. The molecule has 21 heavy (non-hydrogen) atoms. The highest BCUT2D eigenvalue weighted by Crippen LogP contribution is 2.17. The van der Waals surface area contributed by atoms with Gasteiger partial charge in [-0.1, -0.05) is 0 Å². The average molecular weight is 291 g/mol. The first-order valence-electron chi connectivity index (χ1n) is 6.60. The summed E-state index contributed by atoms with van der Waals surface area (Å²) in [6, 6.07) is 6.09. The second-order valence-corrected chi connectivity index (χ2v) is 5.61. The maximum atomic E-state index is 12.9. The van der Waals surface area contributed by atoms with E-state index in [9.17, 15) is 9.18 Å². The number of benzene rings is 1. The zero-order chi connectivity index (χ0) is 15.5. The zero-order valence-electron chi connectivity index (χ0n) is 12.2. The van der Waals surface area contributed by atoms with E-state index in [-0.39, 0.29) is 12.4 Å². The lowest BCUT2D eigenvalue weighted by Crippen LogP contribution is -2.32. The van der Waals surface area contributed by atoms with Crippen molar-refractivity contribution in [2.75, 3.05) is 0 Å². The molecule has 112 valence electrons. The number of carbonyl (C=O) groups is 1. The Bertz CT molecular complexity index is 615. The smallest absolute Gasteiger partial charge is 0.408 e. The molecule has 2 aromatic rings. The van der Waals surface area contributed by atoms with E-state index in [2.05, 4.69) is 15.3 Å². The van der Waals surface area contributed by atoms with Crippen LogP contribution in [-0.4, -0.2) is 21.7 Å². The molecule has 0 spiro atoms. The Labute approximate surface area is 122 Å². The van der Waals surface area contributed by atoms with Crippen LogP contribution in [0, 0.1) is 5.82 Å². The summed E-state index contributed by atoms with van der Waals surface area (Å²) in [6.45, 7) is 5.63. The molecular weight excluding hydrogens is 273 g/mol. The van der Waals surface area contributed by atoms with Crippen molar-refractivity contribution in [2.24, 2.45) is 0 Å². The number of aromatic amines is 1. The lowest BCUT2D eigenvalue weighted by molar-refractivity contribution is 0.0522. The summed E-state index contributed by atoms with van der Waals surface area (Å²) in [5.74, 6) is 0.310. The van der Waals surface area contributed by atoms with Crippen LogP contribution < -0.4 is 5.32 Å². The summed E-state index contributed by atoms with van der Waals surface area (Å²) in [4.78, 5) is 18.8. The minimum atomic E-state index is -0.535. The first kappa shape index (κ1) is 15.0. The fourth-order valence-corrected chi connectivity index (χ4v) is 1.70. The minimum absolute atomic E-state index is 0.232. The van der Waals surface area contributed by atoms with Gasteiger partial charge in [-0.3, -0.25) is 0 Å². The standard InChI is InChI=1S/C15H18FN3O2/c1-15(2,3)21-14(20)18-9-13-17-8-12(19-13)10-4-6-11(16)7-5-10/h4-8H,9H2,1-3H3,(H,17,19)(H,18,20). The van der Waals surface area contributed by atoms with Gasteiger partial charge in [-0.05, 0) is 50.6 Å². The van der Waals surface area contributed by atoms with Crippen LogP contribution in [0.25, 0.3) is 11.3 Å². The maximum Gasteiger partial charge on any atom is 0.408 e. The third-order valence-corrected chi connectivity index (χ3v) is 2.58. The van der Waals surface area contributed by atoms with Gasteiger partial charge in [0.15, 0.2) is 0 Å². The summed E-state index contributed by atoms with van der Waals surface area (Å²) in [6.07, 6.45) is 1.14. The Kier molecular flexibility index (Phi) is 4.26. The van der Waals surface area contributed by atoms with Gasteiger partial charge >= 0.3 is 6.09 Å². The Morgan fingerprint density at radius 1 is 1.33 bits per heavy atom. The number of imidazole rings is 1. The molecular formula is C15H18FN3O2. The molecule has 1 aromatic carbocycles. The predicted octanol–water partition coefficient (Wildman–Crippen LogP) is 3.24. The van der Waals surface area contributed by atoms with Gasteiger partial charge in [0.1, 0.15) is 17.2 Å². The molecule has 1 heterocycles. The highest BCUT2D eigenvalue weighted by atomic mass is 19.1. The van der Waals surface area contributed by atoms with E-state index < -0.39 is 11.7 Å². The van der Waals surface area contributed by atoms with E-state index in [1.807, 2.05) is 0 Å². The second-order valence-electron chi connectivity index (χ2n) is 5.61. The fourth-order valence-electron chi connectivity index (χ4n) is 1.70. The number of hydrogen-bond donors (Lipinski definition) is 2. The van der Waals surface area contributed by atoms with Crippen LogP contribution in [-0.2, 0) is 11.3 Å². The van der Waals surface area contributed by atoms with Crippen molar-refractivity contribution >= 4 is 6.09 Å². The molecule has 5 nitrogen and oxygen atoms in total. The first-order valence-corrected chi connectivity index (χ1v) is 6.60. The summed E-state index contributed by atoms with van der Waals surface area (Å²) in [5, 5.41) is 2.61. The number of halogens is 1. The molecule has 0 aliphatic rings. The maximum absolute atomic E-state index is 12.9. The molecule has 0 saturated heterocycles. The monoisotopic (exact) mass is 291 g/mol. The van der Waals surface area contributed by atoms with E-state index in [4.69, 9.17) is 4.74 Å². The SMILES string of the molecule is CC(C)(C)OC(=O)NCc1ncc(-c2ccc(F)cc2)[nH]1. The van der Waals surface area contributed by atoms with Gasteiger partial charge in [0.05, 0.1) is 18.4 Å². The number of hydrogen-bond acceptors (Lipinski definition) is 3. The number of nitrogens with zero attached hydrogens (tertiary/aromatic N) is 1. The molecule has 6 heteroatoms. The summed E-state index contributed by atoms with van der Waals surface area (Å²) in [5.41, 5.74) is 1.05. The zero-order valence-corrected chi connectivity index (χ0v) is 12.2. The van der Waals surface area contributed by atoms with Crippen LogP contribution >= 0.6 is 0 Å². The molecule has 0 atom stereocenters. The summed E-state index contributed by atoms with van der Waals surface area (Å²) < 4.78 is 18.0. The van der Waals surface area contributed by atoms with Crippen molar-refractivity contribution in [3.05, 3.63) is 42.1 Å². The number of amides is 1. The third kappa shape index (κ3) is 4.59. The van der Waals surface area contributed by atoms with Crippen molar-refractivity contribution in [1.29, 1.82) is 0 Å². The number of nitrogens with one attached hydrogen (secondary N) is 2. The number of carbonyl (C=O) groups excluding carboxylic acids is 1. The molecule has 0 saturated carbocycles. The van der Waals surface area contributed by atoms with E-state index in [0.29, 0.717) is 5.82 Å². The largest absolute Gasteiger partial charge is 0.444 e. The Morgan fingerprint density at radius 2 is 2.00 bits per heavy atom. The summed E-state index contributed by atoms with van der Waals surface area (Å²) >= 11 is 0. The quantitative estimate of drug-likeness (QED) is 0.912. The Balaban J connectivity index is 1.94. The summed E-state index contributed by atoms with van der Waals surface area (Å²) in [7, 11) is 0. The van der Waals surface area contributed by atoms with Crippen molar-refractivity contribution in [1.82, 2.24) is 15.3 Å². The third-order valence-electron chi connectivity index (χ3n) is 2.58. The fraction of sp³-hybridized carbons (Fsp3) is 0.333. The molecule has 0 radical (unpaired) electrons. The number of aromatic nitrogens is 2. The van der Waals surface area contributed by atoms with Crippen molar-refractivity contribution in [3.63, 3.8) is 0 Å². The van der Waals surface area contributed by atoms with E-state index >= 15 is 0 Å². The second kappa shape index (κ2) is 5.95. The van der Waals surface area contributed by atoms with Crippen LogP contribution in [0.5, 0.6) is 0 Å². The van der Waals surface area contributed by atoms with Crippen LogP contribution in [0.1, 0.15) is 26.6 Å². The molecule has 2 rings (SSSR count). The molecule has 0 aliphatic heterocycles. The molecule has 0 fully saturated rings. The van der Waals surface area contributed by atoms with Crippen LogP contribution in [0.2, 0.25) is 0 Å². The lowest BCUT2D eigenvalue weighted by Gasteiger charge is -2.19. The van der Waals surface area contributed by atoms with Crippen molar-refractivity contribution in [3.8, 4) is 11.3 Å². The van der Waals surface area contributed by atoms with Gasteiger partial charge in [0.25, 0.3) is 0 Å². The normalized spacial score (nSPS) is 11.2. The molecule has 0 bridgehead atoms. The van der Waals surface area contributed by atoms with Gasteiger partial charge in [-0.25, -0.2) is 14.2 Å². The molecule has 0 unspecified atom stereocenters. The van der Waals surface area contributed by atoms with Gasteiger partial charge < -0.3 is 15.0 Å². The highest BCUT2D eigenvalue weighted by molar-refractivity contribution is 5.67. The van der Waals surface area contributed by atoms with Crippen LogP contribution in [0.15, 0.2) is 30.5 Å².